The van der Waals surface area contributed by atoms with Gasteiger partial charge in [-0.1, -0.05) is 28.1 Å². The zero-order chi connectivity index (χ0) is 13.1. The van der Waals surface area contributed by atoms with E-state index >= 15 is 0 Å². The van der Waals surface area contributed by atoms with E-state index in [1.54, 1.807) is 6.07 Å². The summed E-state index contributed by atoms with van der Waals surface area (Å²) in [5, 5.41) is 2.64. The summed E-state index contributed by atoms with van der Waals surface area (Å²) in [6, 6.07) is 12.0. The highest BCUT2D eigenvalue weighted by atomic mass is 79.9. The molecule has 0 bridgehead atoms. The summed E-state index contributed by atoms with van der Waals surface area (Å²) in [4.78, 5) is 11.1. The van der Waals surface area contributed by atoms with E-state index in [4.69, 9.17) is 0 Å². The molecule has 18 heavy (non-hydrogen) atoms. The van der Waals surface area contributed by atoms with E-state index < -0.39 is 0 Å². The maximum absolute atomic E-state index is 13.2. The van der Waals surface area contributed by atoms with Crippen LogP contribution in [0.3, 0.4) is 0 Å². The lowest BCUT2D eigenvalue weighted by atomic mass is 10.0. The molecule has 0 spiro atoms. The van der Waals surface area contributed by atoms with Gasteiger partial charge in [0.05, 0.1) is 5.69 Å². The van der Waals surface area contributed by atoms with Gasteiger partial charge in [-0.25, -0.2) is 4.39 Å². The molecule has 0 saturated heterocycles. The van der Waals surface area contributed by atoms with Gasteiger partial charge in [0.1, 0.15) is 5.82 Å². The molecule has 0 fully saturated rings. The zero-order valence-corrected chi connectivity index (χ0v) is 11.3. The van der Waals surface area contributed by atoms with Crippen molar-refractivity contribution in [2.75, 3.05) is 5.32 Å². The maximum atomic E-state index is 13.2. The van der Waals surface area contributed by atoms with Crippen molar-refractivity contribution in [1.29, 1.82) is 0 Å². The van der Waals surface area contributed by atoms with Crippen LogP contribution in [0, 0.1) is 5.82 Å². The molecule has 92 valence electrons. The zero-order valence-electron chi connectivity index (χ0n) is 9.71. The lowest BCUT2D eigenvalue weighted by Crippen LogP contribution is -2.07. The Morgan fingerprint density at radius 2 is 2.00 bits per heavy atom. The molecule has 2 aromatic carbocycles. The first kappa shape index (κ1) is 12.8. The number of amides is 1. The summed E-state index contributed by atoms with van der Waals surface area (Å²) in [5.41, 5.74) is 2.17. The minimum absolute atomic E-state index is 0.225. The highest BCUT2D eigenvalue weighted by molar-refractivity contribution is 9.10. The van der Waals surface area contributed by atoms with Crippen LogP contribution in [0.5, 0.6) is 0 Å². The van der Waals surface area contributed by atoms with Gasteiger partial charge in [-0.2, -0.15) is 0 Å². The molecule has 2 aromatic rings. The number of benzene rings is 2. The van der Waals surface area contributed by atoms with Crippen LogP contribution in [0.2, 0.25) is 0 Å². The van der Waals surface area contributed by atoms with Crippen molar-refractivity contribution in [3.05, 3.63) is 52.8 Å². The highest BCUT2D eigenvalue weighted by Gasteiger charge is 2.08. The molecule has 1 N–H and O–H groups in total. The predicted octanol–water partition coefficient (Wildman–Crippen LogP) is 4.21. The second-order valence-electron chi connectivity index (χ2n) is 3.88. The summed E-state index contributed by atoms with van der Waals surface area (Å²) in [6.45, 7) is 1.40. The van der Waals surface area contributed by atoms with Crippen molar-refractivity contribution in [1.82, 2.24) is 0 Å². The summed E-state index contributed by atoms with van der Waals surface area (Å²) in [6.07, 6.45) is 0. The number of carbonyl (C=O) groups excluding carboxylic acids is 1. The minimum atomic E-state index is -0.377. The van der Waals surface area contributed by atoms with Crippen molar-refractivity contribution < 1.29 is 9.18 Å². The van der Waals surface area contributed by atoms with Crippen molar-refractivity contribution in [3.63, 3.8) is 0 Å². The van der Waals surface area contributed by atoms with Crippen LogP contribution >= 0.6 is 15.9 Å². The second-order valence-corrected chi connectivity index (χ2v) is 4.80. The van der Waals surface area contributed by atoms with Crippen LogP contribution in [-0.4, -0.2) is 5.91 Å². The molecule has 0 heterocycles. The summed E-state index contributed by atoms with van der Waals surface area (Å²) >= 11 is 3.39. The average Bonchev–Trinajstić information content (AvgIpc) is 2.28. The van der Waals surface area contributed by atoms with E-state index in [-0.39, 0.29) is 11.7 Å². The van der Waals surface area contributed by atoms with Crippen molar-refractivity contribution in [3.8, 4) is 11.1 Å². The van der Waals surface area contributed by atoms with Crippen LogP contribution < -0.4 is 5.32 Å². The Labute approximate surface area is 113 Å². The Hall–Kier alpha value is -1.68. The molecule has 0 atom stereocenters. The Balaban J connectivity index is 2.52. The normalized spacial score (nSPS) is 10.2. The van der Waals surface area contributed by atoms with Gasteiger partial charge in [-0.3, -0.25) is 4.79 Å². The number of halogens is 2. The summed E-state index contributed by atoms with van der Waals surface area (Å²) in [7, 11) is 0. The molecular formula is C14H11BrFNO. The number of hydrogen-bond acceptors (Lipinski definition) is 1. The molecule has 0 aliphatic heterocycles. The molecule has 2 rings (SSSR count). The molecular weight excluding hydrogens is 297 g/mol. The van der Waals surface area contributed by atoms with E-state index in [2.05, 4.69) is 21.2 Å². The fourth-order valence-corrected chi connectivity index (χ4v) is 2.12. The first-order valence-electron chi connectivity index (χ1n) is 5.39. The summed E-state index contributed by atoms with van der Waals surface area (Å²) in [5.74, 6) is -0.602. The molecule has 0 saturated carbocycles. The van der Waals surface area contributed by atoms with Crippen LogP contribution in [0.4, 0.5) is 10.1 Å². The van der Waals surface area contributed by atoms with Gasteiger partial charge >= 0.3 is 0 Å². The third-order valence-corrected chi connectivity index (χ3v) is 2.92. The fourth-order valence-electron chi connectivity index (χ4n) is 1.72. The van der Waals surface area contributed by atoms with E-state index in [9.17, 15) is 9.18 Å². The number of carbonyl (C=O) groups is 1. The van der Waals surface area contributed by atoms with Gasteiger partial charge < -0.3 is 5.32 Å². The molecule has 0 aromatic heterocycles. The van der Waals surface area contributed by atoms with E-state index in [0.29, 0.717) is 5.69 Å². The van der Waals surface area contributed by atoms with Gasteiger partial charge in [0.15, 0.2) is 0 Å². The predicted molar refractivity (Wildman–Crippen MR) is 73.8 cm³/mol. The van der Waals surface area contributed by atoms with Gasteiger partial charge in [-0.15, -0.1) is 0 Å². The summed E-state index contributed by atoms with van der Waals surface area (Å²) < 4.78 is 14.2. The molecule has 0 unspecified atom stereocenters. The van der Waals surface area contributed by atoms with Crippen molar-refractivity contribution >= 4 is 27.5 Å². The Morgan fingerprint density at radius 1 is 1.22 bits per heavy atom. The molecule has 0 aliphatic carbocycles. The smallest absolute Gasteiger partial charge is 0.221 e. The first-order chi connectivity index (χ1) is 8.56. The second kappa shape index (κ2) is 5.31. The minimum Gasteiger partial charge on any atom is -0.326 e. The van der Waals surface area contributed by atoms with E-state index in [1.807, 2.05) is 24.3 Å². The van der Waals surface area contributed by atoms with Crippen molar-refractivity contribution in [2.45, 2.75) is 6.92 Å². The molecule has 0 aliphatic rings. The standard InChI is InChI=1S/C14H11BrFNO/c1-9(18)17-14-8-12(16)5-6-13(14)10-3-2-4-11(15)7-10/h2-8H,1H3,(H,17,18). The van der Waals surface area contributed by atoms with Crippen molar-refractivity contribution in [2.24, 2.45) is 0 Å². The quantitative estimate of drug-likeness (QED) is 0.884. The van der Waals surface area contributed by atoms with Gasteiger partial charge in [0.25, 0.3) is 0 Å². The van der Waals surface area contributed by atoms with Crippen LogP contribution in [0.25, 0.3) is 11.1 Å². The lowest BCUT2D eigenvalue weighted by molar-refractivity contribution is -0.114. The Kier molecular flexibility index (Phi) is 3.77. The van der Waals surface area contributed by atoms with Crippen LogP contribution in [0.1, 0.15) is 6.92 Å². The number of nitrogens with one attached hydrogen (secondary N) is 1. The van der Waals surface area contributed by atoms with E-state index in [0.717, 1.165) is 15.6 Å². The van der Waals surface area contributed by atoms with Crippen LogP contribution in [0.15, 0.2) is 46.9 Å². The number of rotatable bonds is 2. The third kappa shape index (κ3) is 2.96. The molecule has 0 radical (unpaired) electrons. The average molecular weight is 308 g/mol. The Morgan fingerprint density at radius 3 is 2.67 bits per heavy atom. The first-order valence-corrected chi connectivity index (χ1v) is 6.18. The highest BCUT2D eigenvalue weighted by Crippen LogP contribution is 2.30. The fraction of sp³-hybridized carbons (Fsp3) is 0.0714. The van der Waals surface area contributed by atoms with Gasteiger partial charge in [0, 0.05) is 17.0 Å². The van der Waals surface area contributed by atoms with Gasteiger partial charge in [0.2, 0.25) is 5.91 Å². The van der Waals surface area contributed by atoms with Gasteiger partial charge in [-0.05, 0) is 35.9 Å². The van der Waals surface area contributed by atoms with Crippen LogP contribution in [-0.2, 0) is 4.79 Å². The lowest BCUT2D eigenvalue weighted by Gasteiger charge is -2.10. The third-order valence-electron chi connectivity index (χ3n) is 2.43. The Bertz CT molecular complexity index is 598. The maximum Gasteiger partial charge on any atom is 0.221 e. The monoisotopic (exact) mass is 307 g/mol. The number of hydrogen-bond donors (Lipinski definition) is 1. The number of anilines is 1. The molecule has 4 heteroatoms. The largest absolute Gasteiger partial charge is 0.326 e. The van der Waals surface area contributed by atoms with E-state index in [1.165, 1.54) is 19.1 Å². The SMILES string of the molecule is CC(=O)Nc1cc(F)ccc1-c1cccc(Br)c1. The molecule has 2 nitrogen and oxygen atoms in total. The molecule has 1 amide bonds. The topological polar surface area (TPSA) is 29.1 Å².